The number of piperidine rings is 1. The molecule has 0 bridgehead atoms. The number of hydrogen-bond donors (Lipinski definition) is 4. The fourth-order valence-electron chi connectivity index (χ4n) is 4.36. The maximum atomic E-state index is 13.1. The summed E-state index contributed by atoms with van der Waals surface area (Å²) in [6.45, 7) is 0.653. The monoisotopic (exact) mass is 648 g/mol. The molecule has 1 saturated heterocycles. The Morgan fingerprint density at radius 1 is 0.911 bits per heavy atom. The van der Waals surface area contributed by atoms with Gasteiger partial charge in [-0.2, -0.15) is 13.2 Å². The summed E-state index contributed by atoms with van der Waals surface area (Å²) in [7, 11) is -4.15. The van der Waals surface area contributed by atoms with Gasteiger partial charge in [0.25, 0.3) is 15.9 Å². The Hall–Kier alpha value is -4.63. The molecule has 1 atom stereocenters. The number of hydrogen-bond acceptors (Lipinski definition) is 8. The van der Waals surface area contributed by atoms with E-state index in [1.54, 1.807) is 48.5 Å². The van der Waals surface area contributed by atoms with Gasteiger partial charge in [-0.05, 0) is 80.4 Å². The number of rotatable bonds is 12. The third kappa shape index (κ3) is 9.68. The van der Waals surface area contributed by atoms with Crippen LogP contribution >= 0.6 is 0 Å². The van der Waals surface area contributed by atoms with Crippen molar-refractivity contribution in [1.82, 2.24) is 16.0 Å². The second kappa shape index (κ2) is 14.9. The van der Waals surface area contributed by atoms with Crippen LogP contribution in [0.15, 0.2) is 83.8 Å². The van der Waals surface area contributed by atoms with Crippen LogP contribution in [0.1, 0.15) is 23.2 Å². The minimum atomic E-state index is -5.29. The number of ether oxygens (including phenoxy) is 2. The first-order valence-corrected chi connectivity index (χ1v) is 15.4. The van der Waals surface area contributed by atoms with Crippen LogP contribution in [0.5, 0.6) is 11.5 Å². The molecule has 3 aromatic carbocycles. The lowest BCUT2D eigenvalue weighted by Gasteiger charge is -2.24. The molecular formula is C30H31F3N4O7S. The summed E-state index contributed by atoms with van der Waals surface area (Å²) in [6, 6.07) is 18.1. The number of para-hydroxylation sites is 3. The van der Waals surface area contributed by atoms with Crippen LogP contribution in [-0.4, -0.2) is 64.7 Å². The zero-order chi connectivity index (χ0) is 32.5. The zero-order valence-electron chi connectivity index (χ0n) is 23.8. The molecule has 4 N–H and O–H groups in total. The molecular weight excluding hydrogens is 617 g/mol. The van der Waals surface area contributed by atoms with Gasteiger partial charge in [0.15, 0.2) is 5.75 Å². The molecule has 1 aliphatic rings. The summed E-state index contributed by atoms with van der Waals surface area (Å²) in [4.78, 5) is 36.8. The van der Waals surface area contributed by atoms with Crippen LogP contribution in [0.3, 0.4) is 0 Å². The van der Waals surface area contributed by atoms with Gasteiger partial charge in [0.05, 0.1) is 10.6 Å². The number of sulfonamides is 1. The fourth-order valence-corrected chi connectivity index (χ4v) is 5.43. The minimum absolute atomic E-state index is 0.0972. The van der Waals surface area contributed by atoms with Gasteiger partial charge >= 0.3 is 12.1 Å². The quantitative estimate of drug-likeness (QED) is 0.218. The molecule has 0 aromatic heterocycles. The van der Waals surface area contributed by atoms with Gasteiger partial charge in [-0.15, -0.1) is 0 Å². The normalized spacial score (nSPS) is 14.6. The molecule has 0 saturated carbocycles. The highest BCUT2D eigenvalue weighted by molar-refractivity contribution is 7.92. The standard InChI is InChI=1S/C30H31F3N4O7S/c31-30(32,33)29(40)43-19-25(28(39)35-18-20-14-16-34-17-15-20)36-27(38)21-10-12-23(13-11-21)45(41,42)37-24-8-4-5-9-26(24)44-22-6-2-1-3-7-22/h1-13,20,25,34,37H,14-19H2,(H,35,39)(H,36,38)/t25-/m0/s1. The highest BCUT2D eigenvalue weighted by Gasteiger charge is 2.41. The van der Waals surface area contributed by atoms with Crippen LogP contribution in [0.25, 0.3) is 0 Å². The largest absolute Gasteiger partial charge is 0.490 e. The van der Waals surface area contributed by atoms with E-state index >= 15 is 0 Å². The van der Waals surface area contributed by atoms with Gasteiger partial charge in [-0.1, -0.05) is 30.3 Å². The number of benzene rings is 3. The zero-order valence-corrected chi connectivity index (χ0v) is 24.6. The maximum Gasteiger partial charge on any atom is 0.490 e. The average molecular weight is 649 g/mol. The summed E-state index contributed by atoms with van der Waals surface area (Å²) in [5, 5.41) is 8.03. The van der Waals surface area contributed by atoms with E-state index in [9.17, 15) is 36.0 Å². The van der Waals surface area contributed by atoms with E-state index in [1.165, 1.54) is 18.2 Å². The second-order valence-corrected chi connectivity index (χ2v) is 11.8. The van der Waals surface area contributed by atoms with Crippen LogP contribution in [0.2, 0.25) is 0 Å². The Bertz CT molecular complexity index is 1580. The topological polar surface area (TPSA) is 152 Å². The smallest absolute Gasteiger partial charge is 0.456 e. The Morgan fingerprint density at radius 3 is 2.22 bits per heavy atom. The van der Waals surface area contributed by atoms with Crippen molar-refractivity contribution in [3.05, 3.63) is 84.4 Å². The van der Waals surface area contributed by atoms with Crippen molar-refractivity contribution in [2.24, 2.45) is 5.92 Å². The molecule has 0 unspecified atom stereocenters. The van der Waals surface area contributed by atoms with E-state index in [0.717, 1.165) is 38.1 Å². The average Bonchev–Trinajstić information content (AvgIpc) is 3.03. The number of carbonyl (C=O) groups excluding carboxylic acids is 3. The molecule has 0 spiro atoms. The van der Waals surface area contributed by atoms with E-state index in [2.05, 4.69) is 25.4 Å². The van der Waals surface area contributed by atoms with Crippen molar-refractivity contribution in [2.45, 2.75) is 30.0 Å². The molecule has 1 fully saturated rings. The summed E-state index contributed by atoms with van der Waals surface area (Å²) in [5.74, 6) is -3.38. The molecule has 0 radical (unpaired) electrons. The number of carbonyl (C=O) groups is 3. The summed E-state index contributed by atoms with van der Waals surface area (Å²) < 4.78 is 76.8. The van der Waals surface area contributed by atoms with Crippen molar-refractivity contribution < 1.29 is 45.4 Å². The van der Waals surface area contributed by atoms with E-state index < -0.39 is 46.6 Å². The maximum absolute atomic E-state index is 13.1. The first-order valence-electron chi connectivity index (χ1n) is 13.9. The summed E-state index contributed by atoms with van der Waals surface area (Å²) in [6.07, 6.45) is -3.74. The number of alkyl halides is 3. The van der Waals surface area contributed by atoms with Crippen molar-refractivity contribution in [3.8, 4) is 11.5 Å². The van der Waals surface area contributed by atoms with Crippen LogP contribution < -0.4 is 25.4 Å². The Balaban J connectivity index is 1.43. The SMILES string of the molecule is O=C(N[C@@H](COC(=O)C(F)(F)F)C(=O)NCC1CCNCC1)c1ccc(S(=O)(=O)Nc2ccccc2Oc2ccccc2)cc1. The highest BCUT2D eigenvalue weighted by atomic mass is 32.2. The highest BCUT2D eigenvalue weighted by Crippen LogP contribution is 2.31. The lowest BCUT2D eigenvalue weighted by molar-refractivity contribution is -0.200. The van der Waals surface area contributed by atoms with Gasteiger partial charge in [-0.25, -0.2) is 13.2 Å². The van der Waals surface area contributed by atoms with Gasteiger partial charge in [-0.3, -0.25) is 14.3 Å². The van der Waals surface area contributed by atoms with Crippen molar-refractivity contribution in [2.75, 3.05) is 31.0 Å². The van der Waals surface area contributed by atoms with Crippen molar-refractivity contribution in [3.63, 3.8) is 0 Å². The number of halogens is 3. The van der Waals surface area contributed by atoms with Crippen molar-refractivity contribution >= 4 is 33.5 Å². The van der Waals surface area contributed by atoms with Crippen LogP contribution in [0, 0.1) is 5.92 Å². The molecule has 2 amide bonds. The molecule has 4 rings (SSSR count). The molecule has 1 heterocycles. The van der Waals surface area contributed by atoms with E-state index in [-0.39, 0.29) is 34.4 Å². The Labute approximate surface area is 257 Å². The Kier molecular flexibility index (Phi) is 11.0. The van der Waals surface area contributed by atoms with E-state index in [4.69, 9.17) is 4.74 Å². The third-order valence-corrected chi connectivity index (χ3v) is 8.17. The fraction of sp³-hybridized carbons (Fsp3) is 0.300. The summed E-state index contributed by atoms with van der Waals surface area (Å²) in [5.41, 5.74) is 0.0648. The van der Waals surface area contributed by atoms with Crippen molar-refractivity contribution in [1.29, 1.82) is 0 Å². The first-order chi connectivity index (χ1) is 21.4. The third-order valence-electron chi connectivity index (χ3n) is 6.79. The number of amides is 2. The molecule has 15 heteroatoms. The lowest BCUT2D eigenvalue weighted by atomic mass is 9.98. The molecule has 11 nitrogen and oxygen atoms in total. The molecule has 0 aliphatic carbocycles. The Morgan fingerprint density at radius 2 is 1.56 bits per heavy atom. The molecule has 45 heavy (non-hydrogen) atoms. The van der Waals surface area contributed by atoms with Gasteiger partial charge in [0.1, 0.15) is 18.4 Å². The van der Waals surface area contributed by atoms with Crippen LogP contribution in [0.4, 0.5) is 18.9 Å². The van der Waals surface area contributed by atoms with Gasteiger partial charge in [0, 0.05) is 12.1 Å². The first kappa shape index (κ1) is 33.3. The predicted molar refractivity (Wildman–Crippen MR) is 157 cm³/mol. The predicted octanol–water partition coefficient (Wildman–Crippen LogP) is 3.60. The minimum Gasteiger partial charge on any atom is -0.456 e. The molecule has 3 aromatic rings. The summed E-state index contributed by atoms with van der Waals surface area (Å²) >= 11 is 0. The lowest BCUT2D eigenvalue weighted by Crippen LogP contribution is -2.51. The van der Waals surface area contributed by atoms with Crippen LogP contribution in [-0.2, 0) is 24.3 Å². The van der Waals surface area contributed by atoms with E-state index in [1.807, 2.05) is 0 Å². The van der Waals surface area contributed by atoms with Gasteiger partial charge in [0.2, 0.25) is 5.91 Å². The number of nitrogens with one attached hydrogen (secondary N) is 4. The number of anilines is 1. The molecule has 240 valence electrons. The molecule has 1 aliphatic heterocycles. The van der Waals surface area contributed by atoms with Gasteiger partial charge < -0.3 is 25.4 Å². The number of esters is 1. The van der Waals surface area contributed by atoms with E-state index in [0.29, 0.717) is 5.75 Å². The second-order valence-electron chi connectivity index (χ2n) is 10.1.